The van der Waals surface area contributed by atoms with Crippen molar-refractivity contribution < 1.29 is 9.68 Å². The molecule has 1 aromatic carbocycles. The van der Waals surface area contributed by atoms with Gasteiger partial charge in [-0.3, -0.25) is 0 Å². The Balaban J connectivity index is 1.85. The summed E-state index contributed by atoms with van der Waals surface area (Å²) in [4.78, 5) is 0. The monoisotopic (exact) mass is 290 g/mol. The second-order valence-corrected chi connectivity index (χ2v) is 6.38. The first-order chi connectivity index (χ1) is 10.1. The molecule has 0 spiro atoms. The summed E-state index contributed by atoms with van der Waals surface area (Å²) in [6, 6.07) is 10.7. The summed E-state index contributed by atoms with van der Waals surface area (Å²) in [6.45, 7) is 5.67. The second-order valence-electron chi connectivity index (χ2n) is 6.38. The Morgan fingerprint density at radius 2 is 2.10 bits per heavy atom. The van der Waals surface area contributed by atoms with Crippen molar-refractivity contribution in [2.24, 2.45) is 11.7 Å². The fraction of sp³-hybridized carbons (Fsp3) is 0.625. The molecule has 2 rings (SSSR count). The second kappa shape index (κ2) is 7.94. The lowest BCUT2D eigenvalue weighted by Crippen LogP contribution is -2.45. The Labute approximate surface area is 128 Å². The molecule has 1 heterocycles. The molecular weight excluding hydrogens is 263 g/mol. The van der Waals surface area contributed by atoms with E-state index in [0.29, 0.717) is 18.4 Å². The molecule has 3 atom stereocenters. The summed E-state index contributed by atoms with van der Waals surface area (Å²) < 4.78 is 5.61. The van der Waals surface area contributed by atoms with Crippen molar-refractivity contribution in [3.8, 4) is 0 Å². The van der Waals surface area contributed by atoms with E-state index in [1.807, 2.05) is 6.07 Å². The molecule has 1 fully saturated rings. The van der Waals surface area contributed by atoms with Crippen LogP contribution < -0.4 is 11.1 Å². The number of hydrogen-bond acceptors (Lipinski definition) is 4. The Morgan fingerprint density at radius 3 is 2.76 bits per heavy atom. The van der Waals surface area contributed by atoms with Gasteiger partial charge in [0, 0.05) is 24.5 Å². The van der Waals surface area contributed by atoms with Crippen molar-refractivity contribution in [1.82, 2.24) is 5.32 Å². The molecule has 4 nitrogen and oxygen atoms in total. The highest BCUT2D eigenvalue weighted by atomic mass is 16.5. The molecule has 4 N–H and O–H groups in total. The van der Waals surface area contributed by atoms with E-state index in [9.17, 15) is 5.02 Å². The van der Waals surface area contributed by atoms with Crippen LogP contribution >= 0.6 is 0 Å². The van der Waals surface area contributed by atoms with E-state index in [1.54, 1.807) is 0 Å². The van der Waals surface area contributed by atoms with Crippen LogP contribution in [0.3, 0.4) is 0 Å². The number of benzene rings is 1. The molecule has 0 unspecified atom stereocenters. The molecular formula is C16H27BN2O2. The minimum absolute atomic E-state index is 0.244. The summed E-state index contributed by atoms with van der Waals surface area (Å²) in [7, 11) is -0.883. The molecule has 1 aliphatic heterocycles. The van der Waals surface area contributed by atoms with Crippen molar-refractivity contribution >= 4 is 7.12 Å². The van der Waals surface area contributed by atoms with Crippen LogP contribution in [0.25, 0.3) is 0 Å². The first-order valence-electron chi connectivity index (χ1n) is 7.91. The van der Waals surface area contributed by atoms with Gasteiger partial charge in [0.2, 0.25) is 0 Å². The molecule has 0 aliphatic carbocycles. The summed E-state index contributed by atoms with van der Waals surface area (Å²) in [6.07, 6.45) is 1.87. The smallest absolute Gasteiger partial charge is 0.426 e. The van der Waals surface area contributed by atoms with Gasteiger partial charge in [0.15, 0.2) is 0 Å². The zero-order valence-corrected chi connectivity index (χ0v) is 13.0. The van der Waals surface area contributed by atoms with Gasteiger partial charge >= 0.3 is 7.12 Å². The summed E-state index contributed by atoms with van der Waals surface area (Å²) in [5.74, 6) is 0.584. The van der Waals surface area contributed by atoms with E-state index >= 15 is 0 Å². The SMILES string of the molecule is CC(C)C[C@H](N)B(O)OC[C@H]1NCC[C@@H]1c1ccccc1. The van der Waals surface area contributed by atoms with E-state index in [4.69, 9.17) is 10.4 Å². The maximum atomic E-state index is 10.0. The normalized spacial score (nSPS) is 23.5. The molecule has 0 amide bonds. The molecule has 116 valence electrons. The van der Waals surface area contributed by atoms with Gasteiger partial charge in [-0.25, -0.2) is 0 Å². The Kier molecular flexibility index (Phi) is 6.24. The molecule has 21 heavy (non-hydrogen) atoms. The largest absolute Gasteiger partial charge is 0.472 e. The van der Waals surface area contributed by atoms with E-state index in [-0.39, 0.29) is 12.0 Å². The average molecular weight is 290 g/mol. The van der Waals surface area contributed by atoms with Gasteiger partial charge in [0.1, 0.15) is 0 Å². The average Bonchev–Trinajstić information content (AvgIpc) is 2.93. The first-order valence-corrected chi connectivity index (χ1v) is 7.91. The van der Waals surface area contributed by atoms with Crippen LogP contribution in [0.4, 0.5) is 0 Å². The van der Waals surface area contributed by atoms with Crippen molar-refractivity contribution in [3.63, 3.8) is 0 Å². The predicted molar refractivity (Wildman–Crippen MR) is 86.9 cm³/mol. The van der Waals surface area contributed by atoms with Crippen molar-refractivity contribution in [2.45, 2.75) is 44.6 Å². The van der Waals surface area contributed by atoms with Crippen LogP contribution in [0.5, 0.6) is 0 Å². The number of rotatable bonds is 7. The van der Waals surface area contributed by atoms with Crippen LogP contribution in [-0.2, 0) is 4.65 Å². The Hall–Kier alpha value is -0.875. The number of nitrogens with one attached hydrogen (secondary N) is 1. The highest BCUT2D eigenvalue weighted by molar-refractivity contribution is 6.44. The first kappa shape index (κ1) is 16.5. The minimum atomic E-state index is -0.883. The van der Waals surface area contributed by atoms with Gasteiger partial charge < -0.3 is 20.7 Å². The van der Waals surface area contributed by atoms with Crippen molar-refractivity contribution in [3.05, 3.63) is 35.9 Å². The summed E-state index contributed by atoms with van der Waals surface area (Å²) in [5, 5.41) is 13.5. The van der Waals surface area contributed by atoms with Gasteiger partial charge in [-0.1, -0.05) is 44.2 Å². The topological polar surface area (TPSA) is 67.5 Å². The molecule has 1 aliphatic rings. The quantitative estimate of drug-likeness (QED) is 0.666. The highest BCUT2D eigenvalue weighted by Crippen LogP contribution is 2.27. The van der Waals surface area contributed by atoms with Crippen LogP contribution in [0, 0.1) is 5.92 Å². The zero-order chi connectivity index (χ0) is 15.2. The lowest BCUT2D eigenvalue weighted by atomic mass is 9.75. The van der Waals surface area contributed by atoms with Gasteiger partial charge in [0.25, 0.3) is 0 Å². The lowest BCUT2D eigenvalue weighted by molar-refractivity contribution is 0.214. The number of hydrogen-bond donors (Lipinski definition) is 3. The van der Waals surface area contributed by atoms with E-state index in [1.165, 1.54) is 5.56 Å². The molecule has 0 aromatic heterocycles. The van der Waals surface area contributed by atoms with E-state index in [0.717, 1.165) is 19.4 Å². The molecule has 0 bridgehead atoms. The fourth-order valence-electron chi connectivity index (χ4n) is 3.03. The third-order valence-electron chi connectivity index (χ3n) is 4.13. The van der Waals surface area contributed by atoms with Gasteiger partial charge in [-0.05, 0) is 30.9 Å². The van der Waals surface area contributed by atoms with Gasteiger partial charge in [0.05, 0.1) is 0 Å². The molecule has 0 radical (unpaired) electrons. The molecule has 1 aromatic rings. The molecule has 0 saturated carbocycles. The van der Waals surface area contributed by atoms with Crippen molar-refractivity contribution in [1.29, 1.82) is 0 Å². The Morgan fingerprint density at radius 1 is 1.38 bits per heavy atom. The molecule has 1 saturated heterocycles. The van der Waals surface area contributed by atoms with Crippen LogP contribution in [0.15, 0.2) is 30.3 Å². The predicted octanol–water partition coefficient (Wildman–Crippen LogP) is 1.54. The third-order valence-corrected chi connectivity index (χ3v) is 4.13. The van der Waals surface area contributed by atoms with Crippen LogP contribution in [0.1, 0.15) is 38.2 Å². The van der Waals surface area contributed by atoms with Crippen LogP contribution in [-0.4, -0.2) is 37.3 Å². The highest BCUT2D eigenvalue weighted by Gasteiger charge is 2.31. The summed E-state index contributed by atoms with van der Waals surface area (Å²) in [5.41, 5.74) is 7.28. The standard InChI is InChI=1S/C16H27BN2O2/c1-12(2)10-16(18)17(20)21-11-15-14(8-9-19-15)13-6-4-3-5-7-13/h3-7,12,14-16,19-20H,8-11,18H2,1-2H3/t14-,15-,16+/m1/s1. The zero-order valence-electron chi connectivity index (χ0n) is 13.0. The van der Waals surface area contributed by atoms with Crippen LogP contribution in [0.2, 0.25) is 0 Å². The number of nitrogens with two attached hydrogens (primary N) is 1. The van der Waals surface area contributed by atoms with Crippen molar-refractivity contribution in [2.75, 3.05) is 13.2 Å². The fourth-order valence-corrected chi connectivity index (χ4v) is 3.03. The Bertz CT molecular complexity index is 416. The van der Waals surface area contributed by atoms with E-state index < -0.39 is 7.12 Å². The summed E-state index contributed by atoms with van der Waals surface area (Å²) >= 11 is 0. The third kappa shape index (κ3) is 4.82. The lowest BCUT2D eigenvalue weighted by Gasteiger charge is -2.23. The van der Waals surface area contributed by atoms with E-state index in [2.05, 4.69) is 43.4 Å². The minimum Gasteiger partial charge on any atom is -0.426 e. The van der Waals surface area contributed by atoms with Gasteiger partial charge in [-0.15, -0.1) is 0 Å². The maximum absolute atomic E-state index is 10.0. The molecule has 5 heteroatoms. The maximum Gasteiger partial charge on any atom is 0.472 e. The van der Waals surface area contributed by atoms with Gasteiger partial charge in [-0.2, -0.15) is 0 Å².